The maximum absolute atomic E-state index is 15.6. The van der Waals surface area contributed by atoms with Crippen LogP contribution in [0.4, 0.5) is 0 Å². The zero-order chi connectivity index (χ0) is 111. The predicted molar refractivity (Wildman–Crippen MR) is 540 cm³/mol. The minimum atomic E-state index is -1.96. The first-order valence-electron chi connectivity index (χ1n) is 49.1. The summed E-state index contributed by atoms with van der Waals surface area (Å²) < 4.78 is 0. The molecule has 4 fully saturated rings. The number of fused-ring (bicyclic) bond motifs is 7. The summed E-state index contributed by atoms with van der Waals surface area (Å²) in [5.74, 6) is -29.2. The minimum absolute atomic E-state index is 0.0778. The number of nitrogens with zero attached hydrogens (tertiary/aromatic N) is 4. The van der Waals surface area contributed by atoms with Crippen LogP contribution in [0, 0.1) is 5.92 Å². The quantitative estimate of drug-likeness (QED) is 0.0328. The van der Waals surface area contributed by atoms with Gasteiger partial charge in [0.2, 0.25) is 124 Å². The first-order chi connectivity index (χ1) is 70.5. The first-order valence-corrected chi connectivity index (χ1v) is 52.6. The number of benzene rings is 2. The Kier molecular flexibility index (Phi) is 51.6. The number of nitrogens with two attached hydrogens (primary N) is 2. The second-order valence-corrected chi connectivity index (χ2v) is 40.0. The van der Waals surface area contributed by atoms with Crippen LogP contribution in [-0.4, -0.2) is 351 Å². The normalized spacial score (nSPS) is 24.6. The number of phenolic OH excluding ortho intramolecular Hbond substituents is 2. The van der Waals surface area contributed by atoms with Gasteiger partial charge >= 0.3 is 17.9 Å². The fourth-order valence-electron chi connectivity index (χ4n) is 15.8. The van der Waals surface area contributed by atoms with Gasteiger partial charge in [0.05, 0.1) is 33.0 Å². The molecule has 51 nitrogen and oxygen atoms in total. The van der Waals surface area contributed by atoms with E-state index in [0.717, 1.165) is 54.0 Å². The number of carboxylic acid groups (broad SMARTS) is 3. The number of phenols is 2. The predicted octanol–water partition coefficient (Wildman–Crippen LogP) is -4.52. The Hall–Kier alpha value is -14.1. The number of carboxylic acids is 3. The highest BCUT2D eigenvalue weighted by Crippen LogP contribution is 2.26. The number of carbonyl (C=O) groups is 24. The first kappa shape index (κ1) is 124. The van der Waals surface area contributed by atoms with Gasteiger partial charge in [-0.15, -0.1) is 0 Å². The van der Waals surface area contributed by atoms with Crippen molar-refractivity contribution in [2.45, 2.75) is 287 Å². The van der Waals surface area contributed by atoms with Gasteiger partial charge < -0.3 is 142 Å². The van der Waals surface area contributed by atoms with Crippen LogP contribution in [-0.2, 0) is 128 Å². The minimum Gasteiger partial charge on any atom is -0.508 e. The second-order valence-electron chi connectivity index (χ2n) is 36.7. The lowest BCUT2D eigenvalue weighted by Gasteiger charge is -2.44. The summed E-state index contributed by atoms with van der Waals surface area (Å²) in [4.78, 5) is 345. The van der Waals surface area contributed by atoms with Gasteiger partial charge in [0.1, 0.15) is 108 Å². The highest BCUT2D eigenvalue weighted by atomic mass is 32.2. The molecule has 149 heavy (non-hydrogen) atoms. The fourth-order valence-corrected chi connectivity index (χ4v) is 18.7. The van der Waals surface area contributed by atoms with E-state index in [0.29, 0.717) is 24.8 Å². The van der Waals surface area contributed by atoms with Crippen LogP contribution in [0.2, 0.25) is 0 Å². The number of carbonyl (C=O) groups excluding carboxylic acids is 21. The molecule has 822 valence electrons. The molecule has 4 aliphatic rings. The number of thioether (sulfide) groups is 3. The molecule has 4 aliphatic heterocycles. The van der Waals surface area contributed by atoms with E-state index in [9.17, 15) is 121 Å². The lowest BCUT2D eigenvalue weighted by atomic mass is 9.97. The average Bonchev–Trinajstić information content (AvgIpc) is 1.75. The average molecular weight is 2150 g/mol. The Bertz CT molecular complexity index is 5120. The van der Waals surface area contributed by atoms with Crippen molar-refractivity contribution in [2.75, 3.05) is 67.6 Å². The van der Waals surface area contributed by atoms with Crippen molar-refractivity contribution in [3.05, 3.63) is 71.9 Å². The smallest absolute Gasteiger partial charge is 0.305 e. The van der Waals surface area contributed by atoms with Crippen molar-refractivity contribution in [3.8, 4) is 11.5 Å². The molecule has 4 bridgehead atoms. The monoisotopic (exact) mass is 2150 g/mol. The number of primary amides is 2. The number of rotatable bonds is 30. The third-order valence-corrected chi connectivity index (χ3v) is 27.9. The Morgan fingerprint density at radius 3 is 1.50 bits per heavy atom. The highest BCUT2D eigenvalue weighted by molar-refractivity contribution is 7.99. The van der Waals surface area contributed by atoms with E-state index >= 15 is 19.2 Å². The summed E-state index contributed by atoms with van der Waals surface area (Å²) in [6, 6.07) is -16.0. The van der Waals surface area contributed by atoms with E-state index in [1.54, 1.807) is 13.8 Å². The summed E-state index contributed by atoms with van der Waals surface area (Å²) in [6.45, 7) is 13.5. The molecule has 0 saturated carbocycles. The third kappa shape index (κ3) is 42.2. The molecular weight excluding hydrogens is 2010 g/mol. The molecular formula is C95H140N22O29S3. The zero-order valence-corrected chi connectivity index (χ0v) is 86.9. The van der Waals surface area contributed by atoms with E-state index in [-0.39, 0.29) is 129 Å². The molecule has 4 heterocycles. The summed E-state index contributed by atoms with van der Waals surface area (Å²) in [7, 11) is 0. The molecule has 4 saturated heterocycles. The maximum Gasteiger partial charge on any atom is 0.305 e. The van der Waals surface area contributed by atoms with E-state index in [1.807, 2.05) is 6.92 Å². The van der Waals surface area contributed by atoms with Crippen molar-refractivity contribution in [3.63, 3.8) is 0 Å². The van der Waals surface area contributed by atoms with Crippen molar-refractivity contribution in [1.29, 1.82) is 0 Å². The third-order valence-electron chi connectivity index (χ3n) is 24.6. The molecule has 25 N–H and O–H groups in total. The van der Waals surface area contributed by atoms with Gasteiger partial charge in [0.25, 0.3) is 0 Å². The standard InChI is InChI=1S/C95H140N22O29S3/c1-10-13-15-18-61-84(135)101-54(8)82(133)109-67(41-78(129)130)95(146)117-36-16-19-71(117)93(144)108-66(40-57-22-26-59(120)27-23-57)88(139)103-60(17-14-11-2)85(136)111-68(90(141)100-52(6)80(97)131)44-147-37-34-74(123)115-47-114-48-116(49-115)75(124)35-38-148-45-69(110-81(132)53(7)99-55(9)118)92(143)113-79(50(4)12-3)94(145)106-64(30-33-77(127)128)87(138)105-62(29-32-76(125)126)83(134)98-42-73(122)102-63(28-31-72(96)121)86(137)107-65(39-56-20-24-58(119)25-21-56)89(140)112-70(91(142)104-61)46-149-43-51(114)5/h20-27,50,52-54,60-71,79,119-120H,5,10-19,28-49H2,1-4,6-9H3,(H2,96,121)(H2,97,131)(H,98,134)(H,99,118)(H,100,141)(H,101,135)(H,102,122)(H,103,139)(H,104,142)(H,105,138)(H,106,145)(H,107,137)(H,108,144)(H,109,133)(H,110,132)(H,111,136)(H,112,140)(H,113,143)(H,125,126)(H,127,128)(H,129,130)/t50-,52-,53-,54-,60-,61-,62-,63-,64-,65-,66-,67-,68-,69-,70-,71-,79-/m0/s1. The van der Waals surface area contributed by atoms with Gasteiger partial charge in [-0.25, -0.2) is 0 Å². The molecule has 21 amide bonds. The number of amides is 21. The van der Waals surface area contributed by atoms with Crippen LogP contribution >= 0.6 is 35.3 Å². The Morgan fingerprint density at radius 2 is 0.960 bits per heavy atom. The van der Waals surface area contributed by atoms with Crippen LogP contribution < -0.4 is 96.5 Å². The molecule has 2 aromatic carbocycles. The van der Waals surface area contributed by atoms with Crippen LogP contribution in [0.15, 0.2) is 60.8 Å². The summed E-state index contributed by atoms with van der Waals surface area (Å²) in [5, 5.41) is 90.7. The molecule has 0 aliphatic carbocycles. The largest absolute Gasteiger partial charge is 0.508 e. The fraction of sp³-hybridized carbons (Fsp3) is 0.600. The van der Waals surface area contributed by atoms with Crippen molar-refractivity contribution in [2.24, 2.45) is 17.4 Å². The Morgan fingerprint density at radius 1 is 0.483 bits per heavy atom. The number of hydrogen-bond donors (Lipinski definition) is 23. The summed E-state index contributed by atoms with van der Waals surface area (Å²) in [6.07, 6.45) is -5.32. The summed E-state index contributed by atoms with van der Waals surface area (Å²) >= 11 is 2.78. The zero-order valence-electron chi connectivity index (χ0n) is 84.5. The summed E-state index contributed by atoms with van der Waals surface area (Å²) in [5.41, 5.74) is 11.9. The van der Waals surface area contributed by atoms with E-state index in [4.69, 9.17) is 11.5 Å². The molecule has 6 rings (SSSR count). The Balaban J connectivity index is 1.56. The van der Waals surface area contributed by atoms with Crippen LogP contribution in [0.1, 0.15) is 189 Å². The molecule has 2 aromatic rings. The SMILES string of the molecule is C=C1CSC[C@@H]2NC(=O)[C@H](Cc3ccc(O)cc3)NC(=O)[C@H](CCC(N)=O)NC(=O)CNC(=O)[C@H](CCC(=O)O)NC(=O)[C@H](CCC(=O)O)NC(=O)[C@H]([C@@H](C)CC)NC(=O)[C@@H](NC(=O)[C@H](C)NC(C)=O)CSCCC(=O)N3CN1CN(C3)C(=O)CCSC[C@@H](C(=O)N[C@@H](C)C(N)=O)NC(=O)[C@H](CCCC)NC(=O)[C@H](Cc1ccc(O)cc1)NC(=O)[C@@H]1CCCN1C(=O)[C@H](CC(=O)O)NC(=O)[C@H](C)NC(=O)[C@H](CCCCC)NC2=O. The topological polar surface area (TPSA) is 768 Å². The lowest BCUT2D eigenvalue weighted by molar-refractivity contribution is -0.150. The number of nitrogens with one attached hydrogen (secondary N) is 16. The van der Waals surface area contributed by atoms with Gasteiger partial charge in [0.15, 0.2) is 0 Å². The van der Waals surface area contributed by atoms with E-state index in [2.05, 4.69) is 91.6 Å². The number of aliphatic carboxylic acids is 3. The molecule has 0 spiro atoms. The van der Waals surface area contributed by atoms with Gasteiger partial charge in [-0.1, -0.05) is 97.1 Å². The van der Waals surface area contributed by atoms with Crippen LogP contribution in [0.5, 0.6) is 11.5 Å². The van der Waals surface area contributed by atoms with Gasteiger partial charge in [-0.2, -0.15) is 35.3 Å². The Labute approximate surface area is 873 Å². The number of hydrogen-bond acceptors (Lipinski definition) is 30. The van der Waals surface area contributed by atoms with Crippen molar-refractivity contribution >= 4 is 177 Å². The molecule has 0 unspecified atom stereocenters. The van der Waals surface area contributed by atoms with Gasteiger partial charge in [-0.3, -0.25) is 115 Å². The molecule has 0 aromatic heterocycles. The molecule has 0 radical (unpaired) electrons. The molecule has 54 heteroatoms. The van der Waals surface area contributed by atoms with Gasteiger partial charge in [0, 0.05) is 98.6 Å². The van der Waals surface area contributed by atoms with Crippen LogP contribution in [0.3, 0.4) is 0 Å². The van der Waals surface area contributed by atoms with Crippen molar-refractivity contribution in [1.82, 2.24) is 105 Å². The van der Waals surface area contributed by atoms with Gasteiger partial charge in [-0.05, 0) is 107 Å². The van der Waals surface area contributed by atoms with E-state index < -0.39 is 321 Å². The maximum atomic E-state index is 15.6. The van der Waals surface area contributed by atoms with Crippen molar-refractivity contribution < 1.29 is 141 Å². The highest BCUT2D eigenvalue weighted by Gasteiger charge is 2.44. The lowest BCUT2D eigenvalue weighted by Crippen LogP contribution is -2.61. The second kappa shape index (κ2) is 62.3. The molecule has 17 atom stereocenters. The number of aromatic hydroxyl groups is 2. The van der Waals surface area contributed by atoms with Crippen LogP contribution in [0.25, 0.3) is 0 Å². The number of unbranched alkanes of at least 4 members (excludes halogenated alkanes) is 3. The van der Waals surface area contributed by atoms with E-state index in [1.165, 1.54) is 84.0 Å².